The Morgan fingerprint density at radius 3 is 2.44 bits per heavy atom. The zero-order chi connectivity index (χ0) is 25.0. The van der Waals surface area contributed by atoms with Crippen LogP contribution >= 0.6 is 0 Å². The molecule has 2 heterocycles. The summed E-state index contributed by atoms with van der Waals surface area (Å²) in [6.45, 7) is 6.45. The highest BCUT2D eigenvalue weighted by molar-refractivity contribution is 5.98. The molecule has 9 heteroatoms. The summed E-state index contributed by atoms with van der Waals surface area (Å²) in [7, 11) is 1.58. The largest absolute Gasteiger partial charge is 0.416 e. The Morgan fingerprint density at radius 2 is 1.82 bits per heavy atom. The fraction of sp³-hybridized carbons (Fsp3) is 0.440. The first-order chi connectivity index (χ1) is 16.0. The highest BCUT2D eigenvalue weighted by Gasteiger charge is 2.30. The van der Waals surface area contributed by atoms with Crippen LogP contribution < -0.4 is 10.9 Å². The molecule has 6 nitrogen and oxygen atoms in total. The van der Waals surface area contributed by atoms with Crippen molar-refractivity contribution in [3.05, 3.63) is 52.7 Å². The second kappa shape index (κ2) is 10.4. The molecule has 0 aliphatic rings. The van der Waals surface area contributed by atoms with Crippen molar-refractivity contribution in [1.82, 2.24) is 14.5 Å². The SMILES string of the molecule is CCC(C)C(=O)CCC(C)CNc1ncc(-c2ccc(C(F)(F)F)cc2)c2ncn(C)c(=O)c12. The molecule has 182 valence electrons. The first-order valence-corrected chi connectivity index (χ1v) is 11.3. The normalized spacial score (nSPS) is 13.6. The number of carbonyl (C=O) groups is 1. The first-order valence-electron chi connectivity index (χ1n) is 11.3. The number of halogens is 3. The number of benzene rings is 1. The minimum Gasteiger partial charge on any atom is -0.369 e. The molecule has 2 aromatic heterocycles. The van der Waals surface area contributed by atoms with Gasteiger partial charge in [-0.15, -0.1) is 0 Å². The van der Waals surface area contributed by atoms with Crippen LogP contribution in [-0.2, 0) is 18.0 Å². The zero-order valence-electron chi connectivity index (χ0n) is 19.7. The number of anilines is 1. The second-order valence-electron chi connectivity index (χ2n) is 8.78. The summed E-state index contributed by atoms with van der Waals surface area (Å²) in [6.07, 6.45) is 0.498. The first kappa shape index (κ1) is 25.4. The fourth-order valence-electron chi connectivity index (χ4n) is 3.63. The van der Waals surface area contributed by atoms with E-state index in [1.807, 2.05) is 20.8 Å². The molecule has 34 heavy (non-hydrogen) atoms. The monoisotopic (exact) mass is 474 g/mol. The van der Waals surface area contributed by atoms with Crippen LogP contribution in [0.2, 0.25) is 0 Å². The number of aryl methyl sites for hydroxylation is 1. The molecule has 0 amide bonds. The van der Waals surface area contributed by atoms with Crippen LogP contribution in [0.4, 0.5) is 19.0 Å². The van der Waals surface area contributed by atoms with Gasteiger partial charge in [0, 0.05) is 37.7 Å². The highest BCUT2D eigenvalue weighted by atomic mass is 19.4. The average Bonchev–Trinajstić information content (AvgIpc) is 2.82. The number of hydrogen-bond donors (Lipinski definition) is 1. The minimum absolute atomic E-state index is 0.0533. The second-order valence-corrected chi connectivity index (χ2v) is 8.78. The van der Waals surface area contributed by atoms with Crippen LogP contribution in [-0.4, -0.2) is 26.9 Å². The van der Waals surface area contributed by atoms with E-state index in [0.29, 0.717) is 41.8 Å². The third-order valence-corrected chi connectivity index (χ3v) is 6.13. The van der Waals surface area contributed by atoms with Gasteiger partial charge in [-0.2, -0.15) is 13.2 Å². The third kappa shape index (κ3) is 5.63. The predicted octanol–water partition coefficient (Wildman–Crippen LogP) is 5.46. The third-order valence-electron chi connectivity index (χ3n) is 6.13. The van der Waals surface area contributed by atoms with Gasteiger partial charge in [0.2, 0.25) is 0 Å². The molecule has 0 spiro atoms. The summed E-state index contributed by atoms with van der Waals surface area (Å²) in [5, 5.41) is 3.47. The molecule has 3 aromatic rings. The van der Waals surface area contributed by atoms with Gasteiger partial charge in [0.25, 0.3) is 5.56 Å². The number of fused-ring (bicyclic) bond motifs is 1. The van der Waals surface area contributed by atoms with Crippen LogP contribution in [0, 0.1) is 11.8 Å². The molecular formula is C25H29F3N4O2. The number of pyridine rings is 1. The Bertz CT molecular complexity index is 1220. The maximum atomic E-state index is 12.9. The lowest BCUT2D eigenvalue weighted by atomic mass is 9.96. The van der Waals surface area contributed by atoms with Gasteiger partial charge in [-0.25, -0.2) is 9.97 Å². The summed E-state index contributed by atoms with van der Waals surface area (Å²) >= 11 is 0. The summed E-state index contributed by atoms with van der Waals surface area (Å²) < 4.78 is 40.1. The maximum absolute atomic E-state index is 12.9. The molecule has 1 N–H and O–H groups in total. The van der Waals surface area contributed by atoms with Crippen LogP contribution in [0.25, 0.3) is 22.0 Å². The molecule has 0 fully saturated rings. The van der Waals surface area contributed by atoms with Crippen molar-refractivity contribution in [2.24, 2.45) is 18.9 Å². The molecular weight excluding hydrogens is 445 g/mol. The number of rotatable bonds is 9. The summed E-state index contributed by atoms with van der Waals surface area (Å²) in [5.41, 5.74) is 0.249. The van der Waals surface area contributed by atoms with E-state index in [1.165, 1.54) is 29.2 Å². The quantitative estimate of drug-likeness (QED) is 0.446. The lowest BCUT2D eigenvalue weighted by Crippen LogP contribution is -2.21. The maximum Gasteiger partial charge on any atom is 0.416 e. The zero-order valence-corrected chi connectivity index (χ0v) is 19.7. The molecule has 2 atom stereocenters. The van der Waals surface area contributed by atoms with Gasteiger partial charge in [-0.05, 0) is 36.5 Å². The minimum atomic E-state index is -4.43. The van der Waals surface area contributed by atoms with Gasteiger partial charge < -0.3 is 9.88 Å². The van der Waals surface area contributed by atoms with Crippen LogP contribution in [0.15, 0.2) is 41.6 Å². The van der Waals surface area contributed by atoms with Crippen LogP contribution in [0.5, 0.6) is 0 Å². The van der Waals surface area contributed by atoms with Crippen molar-refractivity contribution in [2.45, 2.75) is 46.2 Å². The van der Waals surface area contributed by atoms with Gasteiger partial charge in [0.15, 0.2) is 0 Å². The van der Waals surface area contributed by atoms with Crippen molar-refractivity contribution in [1.29, 1.82) is 0 Å². The van der Waals surface area contributed by atoms with Gasteiger partial charge in [0.1, 0.15) is 17.0 Å². The summed E-state index contributed by atoms with van der Waals surface area (Å²) in [4.78, 5) is 33.8. The van der Waals surface area contributed by atoms with Gasteiger partial charge in [-0.1, -0.05) is 32.9 Å². The van der Waals surface area contributed by atoms with Crippen molar-refractivity contribution >= 4 is 22.5 Å². The van der Waals surface area contributed by atoms with E-state index in [0.717, 1.165) is 18.6 Å². The van der Waals surface area contributed by atoms with Gasteiger partial charge >= 0.3 is 6.18 Å². The lowest BCUT2D eigenvalue weighted by molar-refractivity contribution is -0.137. The molecule has 0 saturated heterocycles. The Labute approximate surface area is 196 Å². The molecule has 1 aromatic carbocycles. The molecule has 0 radical (unpaired) electrons. The Hall–Kier alpha value is -3.23. The number of alkyl halides is 3. The smallest absolute Gasteiger partial charge is 0.369 e. The molecule has 3 rings (SSSR count). The van der Waals surface area contributed by atoms with Crippen molar-refractivity contribution in [2.75, 3.05) is 11.9 Å². The number of carbonyl (C=O) groups excluding carboxylic acids is 1. The number of aromatic nitrogens is 3. The van der Waals surface area contributed by atoms with E-state index in [9.17, 15) is 22.8 Å². The Morgan fingerprint density at radius 1 is 1.15 bits per heavy atom. The number of nitrogens with zero attached hydrogens (tertiary/aromatic N) is 3. The van der Waals surface area contributed by atoms with Crippen molar-refractivity contribution in [3.63, 3.8) is 0 Å². The van der Waals surface area contributed by atoms with Gasteiger partial charge in [-0.3, -0.25) is 9.59 Å². The average molecular weight is 475 g/mol. The van der Waals surface area contributed by atoms with E-state index < -0.39 is 11.7 Å². The standard InChI is InChI=1S/C25H29F3N4O2/c1-5-16(3)20(33)11-6-15(2)12-29-23-21-22(31-14-32(4)24(21)34)19(13-30-23)17-7-9-18(10-8-17)25(26,27)28/h7-10,13-16H,5-6,11-12H2,1-4H3,(H,29,30). The summed E-state index contributed by atoms with van der Waals surface area (Å²) in [5.74, 6) is 0.828. The Kier molecular flexibility index (Phi) is 7.74. The topological polar surface area (TPSA) is 76.9 Å². The molecule has 0 aliphatic heterocycles. The van der Waals surface area contributed by atoms with E-state index in [1.54, 1.807) is 7.05 Å². The van der Waals surface area contributed by atoms with E-state index in [-0.39, 0.29) is 28.6 Å². The number of Topliss-reactive ketones (excluding diaryl/α,β-unsaturated/α-hetero) is 1. The number of ketones is 1. The number of nitrogens with one attached hydrogen (secondary N) is 1. The van der Waals surface area contributed by atoms with E-state index >= 15 is 0 Å². The van der Waals surface area contributed by atoms with Crippen molar-refractivity contribution in [3.8, 4) is 11.1 Å². The molecule has 2 unspecified atom stereocenters. The predicted molar refractivity (Wildman–Crippen MR) is 127 cm³/mol. The van der Waals surface area contributed by atoms with Crippen LogP contribution in [0.1, 0.15) is 45.6 Å². The molecule has 0 bridgehead atoms. The molecule has 0 saturated carbocycles. The van der Waals surface area contributed by atoms with Crippen molar-refractivity contribution < 1.29 is 18.0 Å². The van der Waals surface area contributed by atoms with E-state index in [4.69, 9.17) is 0 Å². The number of hydrogen-bond acceptors (Lipinski definition) is 5. The van der Waals surface area contributed by atoms with Gasteiger partial charge in [0.05, 0.1) is 17.4 Å². The van der Waals surface area contributed by atoms with E-state index in [2.05, 4.69) is 15.3 Å². The molecule has 0 aliphatic carbocycles. The highest BCUT2D eigenvalue weighted by Crippen LogP contribution is 2.33. The fourth-order valence-corrected chi connectivity index (χ4v) is 3.63. The van der Waals surface area contributed by atoms with Crippen LogP contribution in [0.3, 0.4) is 0 Å². The Balaban J connectivity index is 1.88. The lowest BCUT2D eigenvalue weighted by Gasteiger charge is -2.16. The summed E-state index contributed by atoms with van der Waals surface area (Å²) in [6, 6.07) is 4.69.